The first kappa shape index (κ1) is 13.8. The molecule has 1 unspecified atom stereocenters. The fourth-order valence-electron chi connectivity index (χ4n) is 2.40. The molecule has 1 aliphatic rings. The second-order valence-corrected chi connectivity index (χ2v) is 4.84. The molecule has 1 heterocycles. The molecule has 0 saturated carbocycles. The zero-order valence-electron chi connectivity index (χ0n) is 11.6. The summed E-state index contributed by atoms with van der Waals surface area (Å²) in [6, 6.07) is 8.21. The first-order chi connectivity index (χ1) is 9.22. The molecule has 0 aliphatic carbocycles. The van der Waals surface area contributed by atoms with E-state index in [9.17, 15) is 4.79 Å². The van der Waals surface area contributed by atoms with Gasteiger partial charge in [-0.15, -0.1) is 0 Å². The lowest BCUT2D eigenvalue weighted by atomic mass is 10.0. The van der Waals surface area contributed by atoms with Crippen LogP contribution < -0.4 is 0 Å². The predicted octanol–water partition coefficient (Wildman–Crippen LogP) is 2.51. The van der Waals surface area contributed by atoms with Crippen LogP contribution in [0.4, 0.5) is 0 Å². The highest BCUT2D eigenvalue weighted by molar-refractivity contribution is 5.76. The third kappa shape index (κ3) is 3.44. The molecule has 102 valence electrons. The fourth-order valence-corrected chi connectivity index (χ4v) is 2.40. The highest BCUT2D eigenvalue weighted by Gasteiger charge is 2.23. The standard InChI is InChI=1S/C16H21NO2/c1-3-19-16(18)15-10-6-9-13-7-4-5-8-14(13)11-12-17(15)2/h4-9,15H,3,10-12H2,1-2H3/b9-6+. The molecule has 1 aromatic rings. The molecule has 0 bridgehead atoms. The lowest BCUT2D eigenvalue weighted by molar-refractivity contribution is -0.148. The number of ether oxygens (including phenoxy) is 1. The number of carbonyl (C=O) groups excluding carboxylic acids is 1. The van der Waals surface area contributed by atoms with E-state index < -0.39 is 0 Å². The lowest BCUT2D eigenvalue weighted by Gasteiger charge is -2.24. The normalized spacial score (nSPS) is 21.7. The molecule has 2 rings (SSSR count). The van der Waals surface area contributed by atoms with E-state index in [1.54, 1.807) is 0 Å². The maximum Gasteiger partial charge on any atom is 0.323 e. The van der Waals surface area contributed by atoms with E-state index in [2.05, 4.69) is 35.3 Å². The van der Waals surface area contributed by atoms with Crippen molar-refractivity contribution in [3.8, 4) is 0 Å². The summed E-state index contributed by atoms with van der Waals surface area (Å²) in [6.07, 6.45) is 5.83. The first-order valence-electron chi connectivity index (χ1n) is 6.83. The molecule has 0 saturated heterocycles. The van der Waals surface area contributed by atoms with Gasteiger partial charge in [-0.1, -0.05) is 36.4 Å². The summed E-state index contributed by atoms with van der Waals surface area (Å²) in [5, 5.41) is 0. The molecular weight excluding hydrogens is 238 g/mol. The largest absolute Gasteiger partial charge is 0.465 e. The van der Waals surface area contributed by atoms with E-state index in [0.717, 1.165) is 13.0 Å². The fraction of sp³-hybridized carbons (Fsp3) is 0.438. The van der Waals surface area contributed by atoms with Gasteiger partial charge in [0.1, 0.15) is 6.04 Å². The van der Waals surface area contributed by atoms with Crippen molar-refractivity contribution in [1.29, 1.82) is 0 Å². The summed E-state index contributed by atoms with van der Waals surface area (Å²) in [5.41, 5.74) is 2.58. The molecule has 0 radical (unpaired) electrons. The Morgan fingerprint density at radius 3 is 3.00 bits per heavy atom. The van der Waals surface area contributed by atoms with Gasteiger partial charge in [0.2, 0.25) is 0 Å². The van der Waals surface area contributed by atoms with Crippen LogP contribution in [0.5, 0.6) is 0 Å². The minimum atomic E-state index is -0.175. The van der Waals surface area contributed by atoms with Gasteiger partial charge in [-0.25, -0.2) is 0 Å². The van der Waals surface area contributed by atoms with Crippen molar-refractivity contribution in [3.05, 3.63) is 41.5 Å². The van der Waals surface area contributed by atoms with Gasteiger partial charge < -0.3 is 4.74 Å². The second-order valence-electron chi connectivity index (χ2n) is 4.84. The van der Waals surface area contributed by atoms with Gasteiger partial charge >= 0.3 is 5.97 Å². The van der Waals surface area contributed by atoms with Crippen LogP contribution in [-0.4, -0.2) is 37.1 Å². The van der Waals surface area contributed by atoms with E-state index >= 15 is 0 Å². The molecule has 1 atom stereocenters. The van der Waals surface area contributed by atoms with Gasteiger partial charge in [0.05, 0.1) is 6.61 Å². The van der Waals surface area contributed by atoms with Crippen LogP contribution in [0.25, 0.3) is 6.08 Å². The molecular formula is C16H21NO2. The maximum absolute atomic E-state index is 12.0. The summed E-state index contributed by atoms with van der Waals surface area (Å²) in [7, 11) is 1.99. The van der Waals surface area contributed by atoms with E-state index in [0.29, 0.717) is 13.0 Å². The first-order valence-corrected chi connectivity index (χ1v) is 6.83. The number of rotatable bonds is 2. The summed E-state index contributed by atoms with van der Waals surface area (Å²) in [4.78, 5) is 14.0. The van der Waals surface area contributed by atoms with Crippen LogP contribution in [0.1, 0.15) is 24.5 Å². The molecule has 0 aromatic heterocycles. The van der Waals surface area contributed by atoms with E-state index in [4.69, 9.17) is 4.74 Å². The molecule has 0 spiro atoms. The lowest BCUT2D eigenvalue weighted by Crippen LogP contribution is -2.40. The Hall–Kier alpha value is -1.61. The van der Waals surface area contributed by atoms with Crippen LogP contribution in [0.3, 0.4) is 0 Å². The predicted molar refractivity (Wildman–Crippen MR) is 76.8 cm³/mol. The van der Waals surface area contributed by atoms with Crippen molar-refractivity contribution in [3.63, 3.8) is 0 Å². The Morgan fingerprint density at radius 2 is 2.21 bits per heavy atom. The van der Waals surface area contributed by atoms with Crippen molar-refractivity contribution in [2.45, 2.75) is 25.8 Å². The monoisotopic (exact) mass is 259 g/mol. The van der Waals surface area contributed by atoms with Crippen LogP contribution >= 0.6 is 0 Å². The van der Waals surface area contributed by atoms with Crippen LogP contribution in [0, 0.1) is 0 Å². The topological polar surface area (TPSA) is 29.5 Å². The number of hydrogen-bond acceptors (Lipinski definition) is 3. The van der Waals surface area contributed by atoms with Crippen molar-refractivity contribution < 1.29 is 9.53 Å². The zero-order valence-corrected chi connectivity index (χ0v) is 11.6. The number of nitrogens with zero attached hydrogens (tertiary/aromatic N) is 1. The molecule has 3 nitrogen and oxygen atoms in total. The molecule has 0 amide bonds. The highest BCUT2D eigenvalue weighted by atomic mass is 16.5. The van der Waals surface area contributed by atoms with Crippen LogP contribution in [0.2, 0.25) is 0 Å². The van der Waals surface area contributed by atoms with Gasteiger partial charge in [0.25, 0.3) is 0 Å². The molecule has 3 heteroatoms. The van der Waals surface area contributed by atoms with Gasteiger partial charge in [0, 0.05) is 6.54 Å². The Labute approximate surface area is 114 Å². The van der Waals surface area contributed by atoms with Crippen molar-refractivity contribution in [2.24, 2.45) is 0 Å². The number of likely N-dealkylation sites (N-methyl/N-ethyl adjacent to an activating group) is 1. The van der Waals surface area contributed by atoms with Gasteiger partial charge in [-0.3, -0.25) is 9.69 Å². The van der Waals surface area contributed by atoms with E-state index in [-0.39, 0.29) is 12.0 Å². The van der Waals surface area contributed by atoms with Crippen LogP contribution in [0.15, 0.2) is 30.3 Å². The van der Waals surface area contributed by atoms with E-state index in [1.807, 2.05) is 20.0 Å². The molecule has 0 fully saturated rings. The van der Waals surface area contributed by atoms with Crippen molar-refractivity contribution in [2.75, 3.05) is 20.2 Å². The number of esters is 1. The molecule has 19 heavy (non-hydrogen) atoms. The minimum absolute atomic E-state index is 0.124. The Balaban J connectivity index is 2.17. The van der Waals surface area contributed by atoms with Crippen LogP contribution in [-0.2, 0) is 16.0 Å². The summed E-state index contributed by atoms with van der Waals surface area (Å²) >= 11 is 0. The molecule has 1 aromatic carbocycles. The highest BCUT2D eigenvalue weighted by Crippen LogP contribution is 2.17. The SMILES string of the molecule is CCOC(=O)C1C/C=C/c2ccccc2CCN1C. The van der Waals surface area contributed by atoms with Gasteiger partial charge in [-0.05, 0) is 37.9 Å². The quantitative estimate of drug-likeness (QED) is 0.764. The molecule has 0 N–H and O–H groups in total. The van der Waals surface area contributed by atoms with E-state index in [1.165, 1.54) is 11.1 Å². The number of hydrogen-bond donors (Lipinski definition) is 0. The van der Waals surface area contributed by atoms with Gasteiger partial charge in [0.15, 0.2) is 0 Å². The second kappa shape index (κ2) is 6.53. The smallest absolute Gasteiger partial charge is 0.323 e. The Morgan fingerprint density at radius 1 is 1.42 bits per heavy atom. The average Bonchev–Trinajstić information content (AvgIpc) is 2.49. The average molecular weight is 259 g/mol. The molecule has 1 aliphatic heterocycles. The number of carbonyl (C=O) groups is 1. The zero-order chi connectivity index (χ0) is 13.7. The van der Waals surface area contributed by atoms with Crippen molar-refractivity contribution >= 4 is 12.0 Å². The third-order valence-electron chi connectivity index (χ3n) is 3.54. The number of benzene rings is 1. The van der Waals surface area contributed by atoms with Gasteiger partial charge in [-0.2, -0.15) is 0 Å². The van der Waals surface area contributed by atoms with Crippen molar-refractivity contribution in [1.82, 2.24) is 4.90 Å². The third-order valence-corrected chi connectivity index (χ3v) is 3.54. The number of fused-ring (bicyclic) bond motifs is 1. The summed E-state index contributed by atoms with van der Waals surface area (Å²) in [5.74, 6) is -0.124. The Bertz CT molecular complexity index is 468. The minimum Gasteiger partial charge on any atom is -0.465 e. The summed E-state index contributed by atoms with van der Waals surface area (Å²) in [6.45, 7) is 3.15. The maximum atomic E-state index is 12.0. The Kier molecular flexibility index (Phi) is 4.74. The summed E-state index contributed by atoms with van der Waals surface area (Å²) < 4.78 is 5.15.